The van der Waals surface area contributed by atoms with Gasteiger partial charge in [-0.3, -0.25) is 4.57 Å². The van der Waals surface area contributed by atoms with Gasteiger partial charge in [-0.25, -0.2) is 9.59 Å². The summed E-state index contributed by atoms with van der Waals surface area (Å²) in [6.45, 7) is 3.26. The third-order valence-electron chi connectivity index (χ3n) is 5.37. The fraction of sp³-hybridized carbons (Fsp3) is 0.556. The monoisotopic (exact) mass is 343 g/mol. The highest BCUT2D eigenvalue weighted by Gasteiger charge is 2.27. The van der Waals surface area contributed by atoms with Crippen LogP contribution in [0.2, 0.25) is 0 Å². The lowest BCUT2D eigenvalue weighted by molar-refractivity contribution is 0.166. The van der Waals surface area contributed by atoms with Crippen LogP contribution in [-0.2, 0) is 0 Å². The Kier molecular flexibility index (Phi) is 4.48. The van der Waals surface area contributed by atoms with E-state index < -0.39 is 0 Å². The van der Waals surface area contributed by atoms with Crippen molar-refractivity contribution in [3.63, 3.8) is 0 Å². The first-order valence-electron chi connectivity index (χ1n) is 9.18. The van der Waals surface area contributed by atoms with Gasteiger partial charge in [0.15, 0.2) is 0 Å². The van der Waals surface area contributed by atoms with E-state index in [-0.39, 0.29) is 23.8 Å². The molecule has 0 spiro atoms. The Morgan fingerprint density at radius 2 is 1.96 bits per heavy atom. The largest absolute Gasteiger partial charge is 0.334 e. The topological polar surface area (TPSA) is 82.2 Å². The van der Waals surface area contributed by atoms with E-state index in [1.54, 1.807) is 0 Å². The van der Waals surface area contributed by atoms with E-state index in [0.29, 0.717) is 13.1 Å². The molecule has 0 radical (unpaired) electrons. The molecule has 3 heterocycles. The summed E-state index contributed by atoms with van der Waals surface area (Å²) in [5.41, 5.74) is 1.76. The fourth-order valence-electron chi connectivity index (χ4n) is 4.00. The number of H-pyrrole nitrogens is 1. The van der Waals surface area contributed by atoms with Crippen molar-refractivity contribution in [3.05, 3.63) is 34.7 Å². The number of para-hydroxylation sites is 2. The first kappa shape index (κ1) is 16.2. The summed E-state index contributed by atoms with van der Waals surface area (Å²) in [7, 11) is 0. The average Bonchev–Trinajstić information content (AvgIpc) is 2.98. The van der Waals surface area contributed by atoms with Crippen molar-refractivity contribution in [3.8, 4) is 0 Å². The molecule has 2 aromatic rings. The van der Waals surface area contributed by atoms with Crippen molar-refractivity contribution >= 4 is 17.1 Å². The van der Waals surface area contributed by atoms with E-state index in [2.05, 4.69) is 15.6 Å². The van der Waals surface area contributed by atoms with Gasteiger partial charge < -0.3 is 20.5 Å². The molecule has 1 atom stereocenters. The van der Waals surface area contributed by atoms with Crippen molar-refractivity contribution < 1.29 is 4.79 Å². The van der Waals surface area contributed by atoms with Gasteiger partial charge >= 0.3 is 11.7 Å². The third-order valence-corrected chi connectivity index (χ3v) is 5.37. The molecule has 7 heteroatoms. The molecule has 25 heavy (non-hydrogen) atoms. The van der Waals surface area contributed by atoms with E-state index in [1.165, 1.54) is 0 Å². The predicted octanol–water partition coefficient (Wildman–Crippen LogP) is 1.43. The minimum absolute atomic E-state index is 0.0263. The van der Waals surface area contributed by atoms with Crippen LogP contribution in [0.4, 0.5) is 4.79 Å². The van der Waals surface area contributed by atoms with Crippen molar-refractivity contribution in [2.24, 2.45) is 0 Å². The van der Waals surface area contributed by atoms with Crippen LogP contribution in [0.3, 0.4) is 0 Å². The first-order valence-corrected chi connectivity index (χ1v) is 9.18. The average molecular weight is 343 g/mol. The minimum atomic E-state index is -0.0580. The zero-order chi connectivity index (χ0) is 17.2. The van der Waals surface area contributed by atoms with E-state index in [4.69, 9.17) is 0 Å². The van der Waals surface area contributed by atoms with Crippen molar-refractivity contribution in [1.29, 1.82) is 0 Å². The van der Waals surface area contributed by atoms with Crippen LogP contribution >= 0.6 is 0 Å². The SMILES string of the molecule is O=C(N[C@@H]1CCCNC1)N1CCC(n2c(=O)[nH]c3ccccc32)CC1. The van der Waals surface area contributed by atoms with Gasteiger partial charge in [-0.05, 0) is 44.4 Å². The summed E-state index contributed by atoms with van der Waals surface area (Å²) in [6.07, 6.45) is 3.76. The molecule has 2 fully saturated rings. The molecular weight excluding hydrogens is 318 g/mol. The Morgan fingerprint density at radius 1 is 1.16 bits per heavy atom. The Labute approximate surface area is 146 Å². The molecule has 2 aliphatic heterocycles. The lowest BCUT2D eigenvalue weighted by Crippen LogP contribution is -2.52. The number of hydrogen-bond acceptors (Lipinski definition) is 3. The molecule has 2 aliphatic rings. The van der Waals surface area contributed by atoms with Crippen molar-refractivity contribution in [2.45, 2.75) is 37.8 Å². The number of likely N-dealkylation sites (tertiary alicyclic amines) is 1. The van der Waals surface area contributed by atoms with Crippen molar-refractivity contribution in [1.82, 2.24) is 25.1 Å². The number of hydrogen-bond donors (Lipinski definition) is 3. The second-order valence-electron chi connectivity index (χ2n) is 7.03. The summed E-state index contributed by atoms with van der Waals surface area (Å²) in [6, 6.07) is 8.18. The number of aromatic amines is 1. The Bertz CT molecular complexity index is 797. The number of nitrogens with one attached hydrogen (secondary N) is 3. The maximum Gasteiger partial charge on any atom is 0.326 e. The third kappa shape index (κ3) is 3.28. The molecule has 0 unspecified atom stereocenters. The van der Waals surface area contributed by atoms with Crippen LogP contribution in [0.15, 0.2) is 29.1 Å². The van der Waals surface area contributed by atoms with Crippen molar-refractivity contribution in [2.75, 3.05) is 26.2 Å². The molecule has 0 bridgehead atoms. The molecule has 2 amide bonds. The molecule has 1 aromatic carbocycles. The number of urea groups is 1. The number of fused-ring (bicyclic) bond motifs is 1. The molecular formula is C18H25N5O2. The van der Waals surface area contributed by atoms with E-state index >= 15 is 0 Å². The first-order chi connectivity index (χ1) is 12.2. The fourth-order valence-corrected chi connectivity index (χ4v) is 4.00. The standard InChI is InChI=1S/C18H25N5O2/c24-17(20-13-4-3-9-19-12-13)22-10-7-14(8-11-22)23-16-6-2-1-5-15(16)21-18(23)25/h1-2,5-6,13-14,19H,3-4,7-12H2,(H,20,24)(H,21,25)/t13-/m1/s1. The predicted molar refractivity (Wildman–Crippen MR) is 96.8 cm³/mol. The van der Waals surface area contributed by atoms with Gasteiger partial charge in [0, 0.05) is 31.7 Å². The maximum atomic E-state index is 12.5. The Balaban J connectivity index is 1.40. The summed E-state index contributed by atoms with van der Waals surface area (Å²) < 4.78 is 1.86. The maximum absolute atomic E-state index is 12.5. The van der Waals surface area contributed by atoms with Crippen LogP contribution in [0, 0.1) is 0 Å². The summed E-state index contributed by atoms with van der Waals surface area (Å²) in [4.78, 5) is 29.6. The minimum Gasteiger partial charge on any atom is -0.334 e. The molecule has 2 saturated heterocycles. The second kappa shape index (κ2) is 6.92. The molecule has 4 rings (SSSR count). The van der Waals surface area contributed by atoms with E-state index in [0.717, 1.165) is 49.8 Å². The quantitative estimate of drug-likeness (QED) is 0.771. The van der Waals surface area contributed by atoms with Gasteiger partial charge in [-0.1, -0.05) is 12.1 Å². The van der Waals surface area contributed by atoms with Crippen LogP contribution in [0.5, 0.6) is 0 Å². The van der Waals surface area contributed by atoms with Crippen LogP contribution in [-0.4, -0.2) is 52.7 Å². The molecule has 0 aliphatic carbocycles. The number of benzene rings is 1. The van der Waals surface area contributed by atoms with E-state index in [9.17, 15) is 9.59 Å². The molecule has 1 aromatic heterocycles. The summed E-state index contributed by atoms with van der Waals surface area (Å²) in [5, 5.41) is 6.45. The second-order valence-corrected chi connectivity index (χ2v) is 7.03. The number of nitrogens with zero attached hydrogens (tertiary/aromatic N) is 2. The zero-order valence-corrected chi connectivity index (χ0v) is 14.3. The summed E-state index contributed by atoms with van der Waals surface area (Å²) in [5.74, 6) is 0. The zero-order valence-electron chi connectivity index (χ0n) is 14.3. The van der Waals surface area contributed by atoms with Gasteiger partial charge in [0.2, 0.25) is 0 Å². The van der Waals surface area contributed by atoms with Gasteiger partial charge in [0.05, 0.1) is 11.0 Å². The van der Waals surface area contributed by atoms with Crippen LogP contribution in [0.1, 0.15) is 31.7 Å². The van der Waals surface area contributed by atoms with Gasteiger partial charge in [0.1, 0.15) is 0 Å². The number of piperidine rings is 2. The number of carbonyl (C=O) groups excluding carboxylic acids is 1. The summed E-state index contributed by atoms with van der Waals surface area (Å²) >= 11 is 0. The Hall–Kier alpha value is -2.28. The number of rotatable bonds is 2. The molecule has 0 saturated carbocycles. The Morgan fingerprint density at radius 3 is 2.72 bits per heavy atom. The van der Waals surface area contributed by atoms with E-state index in [1.807, 2.05) is 33.7 Å². The number of carbonyl (C=O) groups is 1. The molecule has 7 nitrogen and oxygen atoms in total. The molecule has 134 valence electrons. The highest BCUT2D eigenvalue weighted by atomic mass is 16.2. The highest BCUT2D eigenvalue weighted by molar-refractivity contribution is 5.75. The lowest BCUT2D eigenvalue weighted by atomic mass is 10.0. The van der Waals surface area contributed by atoms with Crippen LogP contribution < -0.4 is 16.3 Å². The normalized spacial score (nSPS) is 22.2. The highest BCUT2D eigenvalue weighted by Crippen LogP contribution is 2.24. The van der Waals surface area contributed by atoms with Crippen LogP contribution in [0.25, 0.3) is 11.0 Å². The molecule has 3 N–H and O–H groups in total. The number of imidazole rings is 1. The number of amides is 2. The smallest absolute Gasteiger partial charge is 0.326 e. The van der Waals surface area contributed by atoms with Gasteiger partial charge in [-0.2, -0.15) is 0 Å². The van der Waals surface area contributed by atoms with Gasteiger partial charge in [0.25, 0.3) is 0 Å². The number of aromatic nitrogens is 2. The van der Waals surface area contributed by atoms with Gasteiger partial charge in [-0.15, -0.1) is 0 Å². The lowest BCUT2D eigenvalue weighted by Gasteiger charge is -2.34.